The summed E-state index contributed by atoms with van der Waals surface area (Å²) >= 11 is 0. The first kappa shape index (κ1) is 11.4. The summed E-state index contributed by atoms with van der Waals surface area (Å²) in [6, 6.07) is 0. The predicted octanol–water partition coefficient (Wildman–Crippen LogP) is 1.62. The maximum absolute atomic E-state index is 10.3. The average molecular weight is 173 g/mol. The molecule has 3 N–H and O–H groups in total. The summed E-state index contributed by atoms with van der Waals surface area (Å²) in [5, 5.41) is 8.52. The molecule has 0 amide bonds. The Morgan fingerprint density at radius 1 is 1.50 bits per heavy atom. The van der Waals surface area contributed by atoms with Crippen LogP contribution in [0.25, 0.3) is 0 Å². The molecule has 0 unspecified atom stereocenters. The summed E-state index contributed by atoms with van der Waals surface area (Å²) in [5.74, 6) is -0.559. The van der Waals surface area contributed by atoms with Crippen LogP contribution in [-0.2, 0) is 4.79 Å². The van der Waals surface area contributed by atoms with Gasteiger partial charge in [-0.25, -0.2) is 0 Å². The highest BCUT2D eigenvalue weighted by molar-refractivity contribution is 5.67. The molecule has 0 aromatic carbocycles. The molecule has 0 radical (unpaired) electrons. The zero-order chi connectivity index (χ0) is 9.40. The Morgan fingerprint density at radius 3 is 2.58 bits per heavy atom. The molecule has 0 aliphatic heterocycles. The van der Waals surface area contributed by atoms with E-state index in [1.807, 2.05) is 0 Å². The first-order valence-electron chi connectivity index (χ1n) is 4.62. The lowest BCUT2D eigenvalue weighted by atomic mass is 9.98. The minimum atomic E-state index is -0.734. The van der Waals surface area contributed by atoms with E-state index >= 15 is 0 Å². The molecule has 0 bridgehead atoms. The van der Waals surface area contributed by atoms with Gasteiger partial charge in [-0.2, -0.15) is 0 Å². The van der Waals surface area contributed by atoms with Crippen molar-refractivity contribution in [3.8, 4) is 0 Å². The Balaban J connectivity index is 3.46. The molecule has 0 fully saturated rings. The van der Waals surface area contributed by atoms with Gasteiger partial charge in [-0.1, -0.05) is 26.2 Å². The maximum atomic E-state index is 10.3. The molecule has 0 aliphatic rings. The van der Waals surface area contributed by atoms with Gasteiger partial charge in [-0.3, -0.25) is 4.79 Å². The molecule has 0 spiro atoms. The van der Waals surface area contributed by atoms with Crippen LogP contribution >= 0.6 is 0 Å². The zero-order valence-corrected chi connectivity index (χ0v) is 7.75. The van der Waals surface area contributed by atoms with E-state index in [2.05, 4.69) is 6.92 Å². The molecular formula is C9H19NO2. The minimum Gasteiger partial charge on any atom is -0.481 e. The van der Waals surface area contributed by atoms with Crippen molar-refractivity contribution in [1.29, 1.82) is 0 Å². The second-order valence-corrected chi connectivity index (χ2v) is 3.20. The first-order valence-corrected chi connectivity index (χ1v) is 4.62. The van der Waals surface area contributed by atoms with Crippen LogP contribution in [0.2, 0.25) is 0 Å². The van der Waals surface area contributed by atoms with Gasteiger partial charge in [0.1, 0.15) is 0 Å². The monoisotopic (exact) mass is 173 g/mol. The smallest absolute Gasteiger partial charge is 0.303 e. The van der Waals surface area contributed by atoms with Gasteiger partial charge in [0.15, 0.2) is 0 Å². The van der Waals surface area contributed by atoms with Crippen LogP contribution in [0.3, 0.4) is 0 Å². The summed E-state index contributed by atoms with van der Waals surface area (Å²) in [5.41, 5.74) is 5.44. The van der Waals surface area contributed by atoms with E-state index in [0.717, 1.165) is 12.8 Å². The molecule has 1 atom stereocenters. The quantitative estimate of drug-likeness (QED) is 0.575. The fourth-order valence-corrected chi connectivity index (χ4v) is 1.23. The maximum Gasteiger partial charge on any atom is 0.303 e. The molecule has 3 nitrogen and oxygen atoms in total. The van der Waals surface area contributed by atoms with Crippen molar-refractivity contribution >= 4 is 5.97 Å². The second-order valence-electron chi connectivity index (χ2n) is 3.20. The highest BCUT2D eigenvalue weighted by atomic mass is 16.4. The van der Waals surface area contributed by atoms with E-state index in [1.54, 1.807) is 0 Å². The van der Waals surface area contributed by atoms with Crippen LogP contribution in [0.4, 0.5) is 0 Å². The normalized spacial score (nSPS) is 12.8. The fraction of sp³-hybridized carbons (Fsp3) is 0.889. The van der Waals surface area contributed by atoms with Gasteiger partial charge in [0.25, 0.3) is 0 Å². The summed E-state index contributed by atoms with van der Waals surface area (Å²) in [4.78, 5) is 10.3. The highest BCUT2D eigenvalue weighted by Crippen LogP contribution is 2.12. The van der Waals surface area contributed by atoms with Gasteiger partial charge in [0.2, 0.25) is 0 Å². The molecule has 72 valence electrons. The van der Waals surface area contributed by atoms with Crippen molar-refractivity contribution in [3.05, 3.63) is 0 Å². The first-order chi connectivity index (χ1) is 5.70. The van der Waals surface area contributed by atoms with Gasteiger partial charge in [0.05, 0.1) is 0 Å². The van der Waals surface area contributed by atoms with Gasteiger partial charge in [-0.15, -0.1) is 0 Å². The number of hydrogen-bond acceptors (Lipinski definition) is 2. The molecule has 0 aliphatic carbocycles. The van der Waals surface area contributed by atoms with Crippen LogP contribution in [0.1, 0.15) is 39.0 Å². The third-order valence-electron chi connectivity index (χ3n) is 2.01. The molecule has 0 saturated heterocycles. The van der Waals surface area contributed by atoms with E-state index < -0.39 is 5.97 Å². The summed E-state index contributed by atoms with van der Waals surface area (Å²) in [6.45, 7) is 2.63. The fourth-order valence-electron chi connectivity index (χ4n) is 1.23. The topological polar surface area (TPSA) is 63.3 Å². The van der Waals surface area contributed by atoms with Crippen molar-refractivity contribution in [2.24, 2.45) is 11.7 Å². The molecule has 12 heavy (non-hydrogen) atoms. The molecule has 0 rings (SSSR count). The lowest BCUT2D eigenvalue weighted by Gasteiger charge is -2.10. The van der Waals surface area contributed by atoms with Crippen LogP contribution in [0.15, 0.2) is 0 Å². The number of rotatable bonds is 7. The third kappa shape index (κ3) is 6.16. The van der Waals surface area contributed by atoms with Gasteiger partial charge < -0.3 is 10.8 Å². The Kier molecular flexibility index (Phi) is 6.76. The largest absolute Gasteiger partial charge is 0.481 e. The summed E-state index contributed by atoms with van der Waals surface area (Å²) in [6.07, 6.45) is 4.63. The molecule has 0 aromatic heterocycles. The number of carbonyl (C=O) groups is 1. The van der Waals surface area contributed by atoms with Crippen molar-refractivity contribution < 1.29 is 9.90 Å². The number of carboxylic acids is 1. The molecule has 0 saturated carbocycles. The van der Waals surface area contributed by atoms with Crippen LogP contribution in [0, 0.1) is 5.92 Å². The molecule has 0 aromatic rings. The predicted molar refractivity (Wildman–Crippen MR) is 48.9 cm³/mol. The second kappa shape index (κ2) is 7.10. The van der Waals surface area contributed by atoms with Crippen LogP contribution in [-0.4, -0.2) is 17.6 Å². The van der Waals surface area contributed by atoms with Crippen LogP contribution < -0.4 is 5.73 Å². The Morgan fingerprint density at radius 2 is 2.17 bits per heavy atom. The van der Waals surface area contributed by atoms with E-state index in [0.29, 0.717) is 6.54 Å². The molecule has 0 heterocycles. The lowest BCUT2D eigenvalue weighted by molar-refractivity contribution is -0.138. The Hall–Kier alpha value is -0.570. The Bertz CT molecular complexity index is 126. The number of nitrogens with two attached hydrogens (primary N) is 1. The average Bonchev–Trinajstić information content (AvgIpc) is 2.02. The SMILES string of the molecule is CCCCC[C@@H](CN)CC(=O)O. The van der Waals surface area contributed by atoms with E-state index in [-0.39, 0.29) is 12.3 Å². The number of unbranched alkanes of at least 4 members (excludes halogenated alkanes) is 2. The van der Waals surface area contributed by atoms with Crippen LogP contribution in [0.5, 0.6) is 0 Å². The standard InChI is InChI=1S/C9H19NO2/c1-2-3-4-5-8(7-10)6-9(11)12/h8H,2-7,10H2,1H3,(H,11,12)/t8-/m1/s1. The van der Waals surface area contributed by atoms with E-state index in [1.165, 1.54) is 12.8 Å². The zero-order valence-electron chi connectivity index (χ0n) is 7.75. The van der Waals surface area contributed by atoms with Crippen molar-refractivity contribution in [1.82, 2.24) is 0 Å². The van der Waals surface area contributed by atoms with Crippen molar-refractivity contribution in [3.63, 3.8) is 0 Å². The molecular weight excluding hydrogens is 154 g/mol. The van der Waals surface area contributed by atoms with E-state index in [9.17, 15) is 4.79 Å². The lowest BCUT2D eigenvalue weighted by Crippen LogP contribution is -2.17. The Labute approximate surface area is 74.0 Å². The van der Waals surface area contributed by atoms with Gasteiger partial charge in [0, 0.05) is 6.42 Å². The summed E-state index contributed by atoms with van der Waals surface area (Å²) < 4.78 is 0. The van der Waals surface area contributed by atoms with Gasteiger partial charge in [-0.05, 0) is 18.9 Å². The number of carboxylic acid groups (broad SMARTS) is 1. The minimum absolute atomic E-state index is 0.175. The van der Waals surface area contributed by atoms with Gasteiger partial charge >= 0.3 is 5.97 Å². The number of hydrogen-bond donors (Lipinski definition) is 2. The summed E-state index contributed by atoms with van der Waals surface area (Å²) in [7, 11) is 0. The third-order valence-corrected chi connectivity index (χ3v) is 2.01. The highest BCUT2D eigenvalue weighted by Gasteiger charge is 2.10. The van der Waals surface area contributed by atoms with Crippen molar-refractivity contribution in [2.45, 2.75) is 39.0 Å². The number of aliphatic carboxylic acids is 1. The van der Waals surface area contributed by atoms with E-state index in [4.69, 9.17) is 10.8 Å². The molecule has 3 heteroatoms. The van der Waals surface area contributed by atoms with Crippen molar-refractivity contribution in [2.75, 3.05) is 6.54 Å².